The Balaban J connectivity index is 1.15. The van der Waals surface area contributed by atoms with Crippen LogP contribution < -0.4 is 27.2 Å². The van der Waals surface area contributed by atoms with E-state index in [4.69, 9.17) is 10.5 Å². The molecule has 2 aliphatic rings. The van der Waals surface area contributed by atoms with Crippen LogP contribution in [0.15, 0.2) is 77.6 Å². The highest BCUT2D eigenvalue weighted by molar-refractivity contribution is 5.99. The number of aryl methyl sites for hydroxylation is 1. The molecule has 10 nitrogen and oxygen atoms in total. The number of pyridine rings is 1. The minimum atomic E-state index is -0.868. The summed E-state index contributed by atoms with van der Waals surface area (Å²) in [4.78, 5) is 55.9. The molecule has 3 amide bonds. The standard InChI is InChI=1S/C40H47N5O5/c1-25-21-37(46)43-35-23-27(18-19-28(25)35)42-38(47)34(17-9-10-20-41)44-39(48)36(22-26-11-3-2-4-12-26)45-40(49)50-24-33-31-15-7-5-13-29(31)30-14-6-8-16-32(30)33/h5-8,13-16,18-19,21,23,26,33-34,36H,2-4,9-12,17,20,22,24,41H2,1H3,(H,42,47)(H,43,46)(H,44,48)(H,45,49)/t34-,36-/m0/s1. The quantitative estimate of drug-likeness (QED) is 0.105. The Morgan fingerprint density at radius 2 is 1.56 bits per heavy atom. The van der Waals surface area contributed by atoms with Gasteiger partial charge in [-0.25, -0.2) is 4.79 Å². The van der Waals surface area contributed by atoms with Crippen molar-refractivity contribution >= 4 is 34.5 Å². The molecule has 0 radical (unpaired) electrons. The van der Waals surface area contributed by atoms with Gasteiger partial charge in [0.1, 0.15) is 18.7 Å². The summed E-state index contributed by atoms with van der Waals surface area (Å²) in [5, 5.41) is 9.61. The number of unbranched alkanes of at least 4 members (excludes halogenated alkanes) is 1. The number of nitrogens with two attached hydrogens (primary N) is 1. The predicted octanol–water partition coefficient (Wildman–Crippen LogP) is 6.27. The number of fused-ring (bicyclic) bond motifs is 4. The Morgan fingerprint density at radius 3 is 2.26 bits per heavy atom. The molecule has 10 heteroatoms. The van der Waals surface area contributed by atoms with Gasteiger partial charge in [-0.1, -0.05) is 86.7 Å². The summed E-state index contributed by atoms with van der Waals surface area (Å²) >= 11 is 0. The van der Waals surface area contributed by atoms with E-state index in [2.05, 4.69) is 45.2 Å². The highest BCUT2D eigenvalue weighted by atomic mass is 16.5. The van der Waals surface area contributed by atoms with Crippen molar-refractivity contribution in [3.63, 3.8) is 0 Å². The zero-order chi connectivity index (χ0) is 35.0. The number of ether oxygens (including phenoxy) is 1. The SMILES string of the molecule is Cc1cc(=O)[nH]c2cc(NC(=O)[C@H](CCCCN)NC(=O)[C@H](CC3CCCCC3)NC(=O)OCC3c4ccccc4-c4ccccc43)ccc12. The number of alkyl carbamates (subject to hydrolysis) is 1. The highest BCUT2D eigenvalue weighted by Gasteiger charge is 2.32. The maximum Gasteiger partial charge on any atom is 0.407 e. The molecule has 262 valence electrons. The molecule has 2 atom stereocenters. The lowest BCUT2D eigenvalue weighted by Gasteiger charge is -2.28. The molecule has 4 aromatic rings. The topological polar surface area (TPSA) is 155 Å². The fourth-order valence-corrected chi connectivity index (χ4v) is 7.55. The van der Waals surface area contributed by atoms with Crippen molar-refractivity contribution < 1.29 is 19.1 Å². The van der Waals surface area contributed by atoms with Crippen LogP contribution in [0.2, 0.25) is 0 Å². The molecule has 6 rings (SSSR count). The first-order chi connectivity index (χ1) is 24.3. The number of aromatic nitrogens is 1. The summed E-state index contributed by atoms with van der Waals surface area (Å²) in [6, 6.07) is 21.4. The van der Waals surface area contributed by atoms with Crippen molar-refractivity contribution in [1.29, 1.82) is 0 Å². The molecule has 2 aliphatic carbocycles. The van der Waals surface area contributed by atoms with Crippen LogP contribution in [0.25, 0.3) is 22.0 Å². The third-order valence-corrected chi connectivity index (χ3v) is 10.1. The molecule has 0 unspecified atom stereocenters. The van der Waals surface area contributed by atoms with Crippen LogP contribution in [0.1, 0.15) is 80.4 Å². The number of amides is 3. The summed E-state index contributed by atoms with van der Waals surface area (Å²) in [5.41, 5.74) is 12.0. The number of H-pyrrole nitrogens is 1. The van der Waals surface area contributed by atoms with Crippen molar-refractivity contribution in [1.82, 2.24) is 15.6 Å². The van der Waals surface area contributed by atoms with Crippen LogP contribution in [-0.2, 0) is 14.3 Å². The van der Waals surface area contributed by atoms with Crippen LogP contribution in [-0.4, -0.2) is 48.1 Å². The lowest BCUT2D eigenvalue weighted by molar-refractivity contribution is -0.128. The van der Waals surface area contributed by atoms with E-state index in [1.807, 2.05) is 37.3 Å². The average Bonchev–Trinajstić information content (AvgIpc) is 3.43. The molecule has 6 N–H and O–H groups in total. The Morgan fingerprint density at radius 1 is 0.860 bits per heavy atom. The van der Waals surface area contributed by atoms with Gasteiger partial charge in [0.15, 0.2) is 0 Å². The van der Waals surface area contributed by atoms with Crippen molar-refractivity contribution in [2.24, 2.45) is 11.7 Å². The number of benzene rings is 3. The molecular formula is C40H47N5O5. The van der Waals surface area contributed by atoms with Gasteiger partial charge in [-0.15, -0.1) is 0 Å². The first-order valence-electron chi connectivity index (χ1n) is 17.9. The lowest BCUT2D eigenvalue weighted by Crippen LogP contribution is -2.53. The minimum Gasteiger partial charge on any atom is -0.449 e. The van der Waals surface area contributed by atoms with Gasteiger partial charge >= 0.3 is 6.09 Å². The van der Waals surface area contributed by atoms with Crippen molar-refractivity contribution in [2.75, 3.05) is 18.5 Å². The monoisotopic (exact) mass is 677 g/mol. The van der Waals surface area contributed by atoms with E-state index in [1.165, 1.54) is 12.5 Å². The largest absolute Gasteiger partial charge is 0.449 e. The third-order valence-electron chi connectivity index (χ3n) is 10.1. The van der Waals surface area contributed by atoms with E-state index in [0.29, 0.717) is 43.4 Å². The normalized spacial score (nSPS) is 15.5. The summed E-state index contributed by atoms with van der Waals surface area (Å²) in [7, 11) is 0. The van der Waals surface area contributed by atoms with Gasteiger partial charge in [0.05, 0.1) is 5.52 Å². The second kappa shape index (κ2) is 16.2. The smallest absolute Gasteiger partial charge is 0.407 e. The van der Waals surface area contributed by atoms with E-state index in [-0.39, 0.29) is 29.9 Å². The van der Waals surface area contributed by atoms with Gasteiger partial charge in [0.2, 0.25) is 17.4 Å². The van der Waals surface area contributed by atoms with Gasteiger partial charge in [-0.2, -0.15) is 0 Å². The molecule has 1 aromatic heterocycles. The molecule has 1 heterocycles. The predicted molar refractivity (Wildman–Crippen MR) is 196 cm³/mol. The van der Waals surface area contributed by atoms with Crippen molar-refractivity contribution in [3.05, 3.63) is 99.8 Å². The number of carbonyl (C=O) groups excluding carboxylic acids is 3. The molecule has 1 saturated carbocycles. The number of hydrogen-bond donors (Lipinski definition) is 5. The molecule has 0 bridgehead atoms. The number of carbonyl (C=O) groups is 3. The van der Waals surface area contributed by atoms with Crippen molar-refractivity contribution in [3.8, 4) is 11.1 Å². The Hall–Kier alpha value is -4.96. The third kappa shape index (κ3) is 8.25. The Labute approximate surface area is 292 Å². The van der Waals surface area contributed by atoms with Crippen molar-refractivity contribution in [2.45, 2.75) is 82.7 Å². The van der Waals surface area contributed by atoms with Gasteiger partial charge in [0.25, 0.3) is 0 Å². The van der Waals surface area contributed by atoms with Gasteiger partial charge in [0, 0.05) is 23.1 Å². The van der Waals surface area contributed by atoms with Gasteiger partial charge in [-0.3, -0.25) is 14.4 Å². The average molecular weight is 678 g/mol. The fourth-order valence-electron chi connectivity index (χ4n) is 7.55. The van der Waals surface area contributed by atoms with Gasteiger partial charge < -0.3 is 31.4 Å². The first kappa shape index (κ1) is 34.9. The second-order valence-electron chi connectivity index (χ2n) is 13.7. The maximum atomic E-state index is 14.0. The molecule has 0 aliphatic heterocycles. The van der Waals surface area contributed by atoms with Gasteiger partial charge in [-0.05, 0) is 85.0 Å². The maximum absolute atomic E-state index is 14.0. The summed E-state index contributed by atoms with van der Waals surface area (Å²) < 4.78 is 5.82. The van der Waals surface area contributed by atoms with Crippen LogP contribution in [0.3, 0.4) is 0 Å². The number of hydrogen-bond acceptors (Lipinski definition) is 6. The zero-order valence-corrected chi connectivity index (χ0v) is 28.6. The molecule has 3 aromatic carbocycles. The van der Waals surface area contributed by atoms with Crippen LogP contribution >= 0.6 is 0 Å². The number of rotatable bonds is 13. The van der Waals surface area contributed by atoms with Crippen LogP contribution in [0.4, 0.5) is 10.5 Å². The number of aromatic amines is 1. The van der Waals surface area contributed by atoms with E-state index in [9.17, 15) is 19.2 Å². The molecule has 0 spiro atoms. The molecule has 0 saturated heterocycles. The molecule has 50 heavy (non-hydrogen) atoms. The van der Waals surface area contributed by atoms with E-state index < -0.39 is 24.1 Å². The molecule has 1 fully saturated rings. The summed E-state index contributed by atoms with van der Waals surface area (Å²) in [5.74, 6) is -0.634. The van der Waals surface area contributed by atoms with Crippen LogP contribution in [0, 0.1) is 12.8 Å². The number of anilines is 1. The fraction of sp³-hybridized carbons (Fsp3) is 0.400. The number of nitrogens with one attached hydrogen (secondary N) is 4. The van der Waals surface area contributed by atoms with E-state index in [0.717, 1.165) is 58.9 Å². The van der Waals surface area contributed by atoms with E-state index >= 15 is 0 Å². The van der Waals surface area contributed by atoms with Crippen LogP contribution in [0.5, 0.6) is 0 Å². The Bertz CT molecular complexity index is 1850. The highest BCUT2D eigenvalue weighted by Crippen LogP contribution is 2.44. The first-order valence-corrected chi connectivity index (χ1v) is 17.9. The van der Waals surface area contributed by atoms with E-state index in [1.54, 1.807) is 12.1 Å². The zero-order valence-electron chi connectivity index (χ0n) is 28.6. The summed E-state index contributed by atoms with van der Waals surface area (Å²) in [6.07, 6.45) is 6.82. The second-order valence-corrected chi connectivity index (χ2v) is 13.7. The minimum absolute atomic E-state index is 0.105. The Kier molecular flexibility index (Phi) is 11.3. The lowest BCUT2D eigenvalue weighted by atomic mass is 9.84. The summed E-state index contributed by atoms with van der Waals surface area (Å²) in [6.45, 7) is 2.46. The molecular weight excluding hydrogens is 630 g/mol.